The van der Waals surface area contributed by atoms with Gasteiger partial charge in [0.05, 0.1) is 7.11 Å². The van der Waals surface area contributed by atoms with Gasteiger partial charge in [0, 0.05) is 19.1 Å². The molecule has 116 valence electrons. The van der Waals surface area contributed by atoms with E-state index in [1.807, 2.05) is 0 Å². The minimum atomic E-state index is 0.429. The third-order valence-corrected chi connectivity index (χ3v) is 5.25. The average Bonchev–Trinajstić information content (AvgIpc) is 2.92. The third kappa shape index (κ3) is 3.09. The maximum absolute atomic E-state index is 5.38. The Kier molecular flexibility index (Phi) is 4.23. The van der Waals surface area contributed by atoms with Crippen LogP contribution in [-0.4, -0.2) is 38.7 Å². The van der Waals surface area contributed by atoms with E-state index >= 15 is 0 Å². The van der Waals surface area contributed by atoms with Crippen LogP contribution in [0.4, 0.5) is 0 Å². The number of fused-ring (bicyclic) bond motifs is 1. The second-order valence-electron chi connectivity index (χ2n) is 7.13. The molecular formula is C18H28N2O. The number of nitrogens with zero attached hydrogens (tertiary/aromatic N) is 1. The van der Waals surface area contributed by atoms with Crippen molar-refractivity contribution in [3.05, 3.63) is 29.3 Å². The topological polar surface area (TPSA) is 24.5 Å². The standard InChI is InChI=1S/C18H28N2O/c1-18(9-10-19-12-18)13-20(2)17-6-4-5-14-11-15(21-3)7-8-16(14)17/h7-8,11,17,19H,4-6,9-10,12-13H2,1-3H3. The molecular weight excluding hydrogens is 260 g/mol. The van der Waals surface area contributed by atoms with Gasteiger partial charge in [-0.25, -0.2) is 0 Å². The molecule has 1 aliphatic carbocycles. The number of ether oxygens (including phenoxy) is 1. The summed E-state index contributed by atoms with van der Waals surface area (Å²) in [6.45, 7) is 5.92. The summed E-state index contributed by atoms with van der Waals surface area (Å²) in [6, 6.07) is 7.19. The summed E-state index contributed by atoms with van der Waals surface area (Å²) in [5.41, 5.74) is 3.42. The molecule has 0 bridgehead atoms. The molecule has 1 aliphatic heterocycles. The molecule has 3 nitrogen and oxygen atoms in total. The minimum absolute atomic E-state index is 0.429. The monoisotopic (exact) mass is 288 g/mol. The second-order valence-corrected chi connectivity index (χ2v) is 7.13. The molecule has 2 unspecified atom stereocenters. The van der Waals surface area contributed by atoms with Crippen molar-refractivity contribution in [1.82, 2.24) is 10.2 Å². The van der Waals surface area contributed by atoms with Crippen molar-refractivity contribution in [3.8, 4) is 5.75 Å². The molecule has 3 heteroatoms. The molecule has 1 fully saturated rings. The third-order valence-electron chi connectivity index (χ3n) is 5.25. The lowest BCUT2D eigenvalue weighted by Crippen LogP contribution is -2.38. The van der Waals surface area contributed by atoms with E-state index < -0.39 is 0 Å². The van der Waals surface area contributed by atoms with Crippen molar-refractivity contribution in [1.29, 1.82) is 0 Å². The zero-order valence-corrected chi connectivity index (χ0v) is 13.6. The van der Waals surface area contributed by atoms with Gasteiger partial charge in [-0.2, -0.15) is 0 Å². The molecule has 0 amide bonds. The molecule has 2 aliphatic rings. The highest BCUT2D eigenvalue weighted by Gasteiger charge is 2.33. The van der Waals surface area contributed by atoms with Gasteiger partial charge in [-0.15, -0.1) is 0 Å². The summed E-state index contributed by atoms with van der Waals surface area (Å²) < 4.78 is 5.38. The van der Waals surface area contributed by atoms with Crippen LogP contribution in [-0.2, 0) is 6.42 Å². The number of hydrogen-bond donors (Lipinski definition) is 1. The quantitative estimate of drug-likeness (QED) is 0.922. The van der Waals surface area contributed by atoms with E-state index in [9.17, 15) is 0 Å². The summed E-state index contributed by atoms with van der Waals surface area (Å²) in [5, 5.41) is 3.51. The SMILES string of the molecule is COc1ccc2c(c1)CCCC2N(C)CC1(C)CCNC1. The van der Waals surface area contributed by atoms with Crippen LogP contribution >= 0.6 is 0 Å². The molecule has 1 saturated heterocycles. The maximum Gasteiger partial charge on any atom is 0.119 e. The highest BCUT2D eigenvalue weighted by Crippen LogP contribution is 2.37. The molecule has 2 atom stereocenters. The van der Waals surface area contributed by atoms with E-state index in [1.54, 1.807) is 7.11 Å². The molecule has 1 heterocycles. The van der Waals surface area contributed by atoms with E-state index in [1.165, 1.54) is 49.9 Å². The van der Waals surface area contributed by atoms with Crippen LogP contribution in [0, 0.1) is 5.41 Å². The summed E-state index contributed by atoms with van der Waals surface area (Å²) in [4.78, 5) is 2.58. The predicted octanol–water partition coefficient (Wildman–Crippen LogP) is 3.00. The smallest absolute Gasteiger partial charge is 0.119 e. The van der Waals surface area contributed by atoms with Gasteiger partial charge in [-0.05, 0) is 68.0 Å². The van der Waals surface area contributed by atoms with E-state index in [2.05, 4.69) is 42.4 Å². The van der Waals surface area contributed by atoms with Gasteiger partial charge < -0.3 is 10.1 Å². The van der Waals surface area contributed by atoms with Gasteiger partial charge in [0.1, 0.15) is 5.75 Å². The van der Waals surface area contributed by atoms with Crippen molar-refractivity contribution in [2.45, 2.75) is 38.6 Å². The van der Waals surface area contributed by atoms with Gasteiger partial charge in [0.15, 0.2) is 0 Å². The fourth-order valence-electron chi connectivity index (χ4n) is 4.07. The Bertz CT molecular complexity index is 494. The first-order valence-electron chi connectivity index (χ1n) is 8.19. The predicted molar refractivity (Wildman–Crippen MR) is 86.9 cm³/mol. The zero-order chi connectivity index (χ0) is 14.9. The van der Waals surface area contributed by atoms with Crippen molar-refractivity contribution in [2.75, 3.05) is 33.8 Å². The summed E-state index contributed by atoms with van der Waals surface area (Å²) >= 11 is 0. The normalized spacial score (nSPS) is 28.7. The molecule has 0 aromatic heterocycles. The van der Waals surface area contributed by atoms with Crippen LogP contribution < -0.4 is 10.1 Å². The van der Waals surface area contributed by atoms with Crippen molar-refractivity contribution in [3.63, 3.8) is 0 Å². The molecule has 0 saturated carbocycles. The van der Waals surface area contributed by atoms with Gasteiger partial charge in [0.2, 0.25) is 0 Å². The molecule has 1 N–H and O–H groups in total. The Balaban J connectivity index is 1.77. The Morgan fingerprint density at radius 3 is 3.00 bits per heavy atom. The fourth-order valence-corrected chi connectivity index (χ4v) is 4.07. The average molecular weight is 288 g/mol. The lowest BCUT2D eigenvalue weighted by Gasteiger charge is -2.38. The van der Waals surface area contributed by atoms with E-state index in [0.29, 0.717) is 11.5 Å². The van der Waals surface area contributed by atoms with Crippen molar-refractivity contribution < 1.29 is 4.74 Å². The largest absolute Gasteiger partial charge is 0.497 e. The lowest BCUT2D eigenvalue weighted by molar-refractivity contribution is 0.148. The van der Waals surface area contributed by atoms with Gasteiger partial charge in [0.25, 0.3) is 0 Å². The maximum atomic E-state index is 5.38. The number of hydrogen-bond acceptors (Lipinski definition) is 3. The van der Waals surface area contributed by atoms with Gasteiger partial charge >= 0.3 is 0 Å². The number of rotatable bonds is 4. The summed E-state index contributed by atoms with van der Waals surface area (Å²) in [6.07, 6.45) is 5.04. The van der Waals surface area contributed by atoms with Crippen LogP contribution in [0.1, 0.15) is 43.4 Å². The van der Waals surface area contributed by atoms with Crippen LogP contribution in [0.2, 0.25) is 0 Å². The lowest BCUT2D eigenvalue weighted by atomic mass is 9.84. The Morgan fingerprint density at radius 2 is 2.29 bits per heavy atom. The van der Waals surface area contributed by atoms with Gasteiger partial charge in [-0.3, -0.25) is 4.90 Å². The molecule has 21 heavy (non-hydrogen) atoms. The number of methoxy groups -OCH3 is 1. The van der Waals surface area contributed by atoms with Crippen molar-refractivity contribution in [2.24, 2.45) is 5.41 Å². The van der Waals surface area contributed by atoms with Crippen LogP contribution in [0.5, 0.6) is 5.75 Å². The second kappa shape index (κ2) is 5.98. The Labute approximate surface area is 128 Å². The molecule has 1 aromatic rings. The molecule has 3 rings (SSSR count). The van der Waals surface area contributed by atoms with Crippen molar-refractivity contribution >= 4 is 0 Å². The first kappa shape index (κ1) is 14.9. The summed E-state index contributed by atoms with van der Waals surface area (Å²) in [7, 11) is 4.05. The highest BCUT2D eigenvalue weighted by atomic mass is 16.5. The molecule has 1 aromatic carbocycles. The Hall–Kier alpha value is -1.06. The zero-order valence-electron chi connectivity index (χ0n) is 13.6. The first-order valence-corrected chi connectivity index (χ1v) is 8.19. The minimum Gasteiger partial charge on any atom is -0.497 e. The van der Waals surface area contributed by atoms with Crippen LogP contribution in [0.15, 0.2) is 18.2 Å². The Morgan fingerprint density at radius 1 is 1.43 bits per heavy atom. The van der Waals surface area contributed by atoms with Crippen LogP contribution in [0.3, 0.4) is 0 Å². The first-order chi connectivity index (χ1) is 10.1. The summed E-state index contributed by atoms with van der Waals surface area (Å²) in [5.74, 6) is 0.990. The highest BCUT2D eigenvalue weighted by molar-refractivity contribution is 5.39. The number of nitrogens with one attached hydrogen (secondary N) is 1. The number of benzene rings is 1. The molecule has 0 spiro atoms. The van der Waals surface area contributed by atoms with Crippen LogP contribution in [0.25, 0.3) is 0 Å². The van der Waals surface area contributed by atoms with E-state index in [4.69, 9.17) is 4.74 Å². The fraction of sp³-hybridized carbons (Fsp3) is 0.667. The van der Waals surface area contributed by atoms with E-state index in [0.717, 1.165) is 12.3 Å². The van der Waals surface area contributed by atoms with Gasteiger partial charge in [-0.1, -0.05) is 13.0 Å². The van der Waals surface area contributed by atoms with E-state index in [-0.39, 0.29) is 0 Å². The number of aryl methyl sites for hydroxylation is 1. The molecule has 0 radical (unpaired) electrons.